The zero-order valence-electron chi connectivity index (χ0n) is 16.0. The predicted molar refractivity (Wildman–Crippen MR) is 116 cm³/mol. The molecule has 0 spiro atoms. The molecular weight excluding hydrogens is 390 g/mol. The second-order valence-corrected chi connectivity index (χ2v) is 8.53. The van der Waals surface area contributed by atoms with Gasteiger partial charge in [-0.25, -0.2) is 0 Å². The maximum atomic E-state index is 13.1. The number of anilines is 1. The molecule has 3 nitrogen and oxygen atoms in total. The van der Waals surface area contributed by atoms with Gasteiger partial charge in [-0.15, -0.1) is 11.3 Å². The summed E-state index contributed by atoms with van der Waals surface area (Å²) >= 11 is 7.54. The van der Waals surface area contributed by atoms with Crippen LogP contribution in [0.25, 0.3) is 0 Å². The molecule has 0 bridgehead atoms. The molecule has 3 aromatic rings. The Morgan fingerprint density at radius 1 is 1.18 bits per heavy atom. The highest BCUT2D eigenvalue weighted by Crippen LogP contribution is 2.30. The van der Waals surface area contributed by atoms with Crippen molar-refractivity contribution < 1.29 is 9.53 Å². The largest absolute Gasteiger partial charge is 0.489 e. The molecule has 144 valence electrons. The highest BCUT2D eigenvalue weighted by atomic mass is 35.5. The minimum atomic E-state index is 0.0726. The van der Waals surface area contributed by atoms with Crippen LogP contribution >= 0.6 is 22.9 Å². The molecule has 4 rings (SSSR count). The number of hydrogen-bond donors (Lipinski definition) is 0. The number of carbonyl (C=O) groups is 1. The lowest BCUT2D eigenvalue weighted by molar-refractivity contribution is 0.0989. The molecule has 0 saturated heterocycles. The Labute approximate surface area is 174 Å². The Morgan fingerprint density at radius 3 is 2.86 bits per heavy atom. The van der Waals surface area contributed by atoms with E-state index in [0.29, 0.717) is 6.61 Å². The van der Waals surface area contributed by atoms with Gasteiger partial charge in [0, 0.05) is 22.8 Å². The summed E-state index contributed by atoms with van der Waals surface area (Å²) in [6.45, 7) is 5.24. The van der Waals surface area contributed by atoms with E-state index in [0.717, 1.165) is 51.8 Å². The first-order valence-electron chi connectivity index (χ1n) is 9.39. The Bertz CT molecular complexity index is 1030. The van der Waals surface area contributed by atoms with Crippen molar-refractivity contribution in [3.05, 3.63) is 80.0 Å². The van der Waals surface area contributed by atoms with E-state index < -0.39 is 0 Å². The van der Waals surface area contributed by atoms with Crippen molar-refractivity contribution in [1.82, 2.24) is 0 Å². The molecule has 2 heterocycles. The third-order valence-electron chi connectivity index (χ3n) is 5.00. The van der Waals surface area contributed by atoms with E-state index in [1.54, 1.807) is 0 Å². The summed E-state index contributed by atoms with van der Waals surface area (Å²) in [7, 11) is 0. The van der Waals surface area contributed by atoms with E-state index in [2.05, 4.69) is 25.1 Å². The summed E-state index contributed by atoms with van der Waals surface area (Å²) in [5, 5.41) is 2.73. The Hall–Kier alpha value is -2.30. The predicted octanol–water partition coefficient (Wildman–Crippen LogP) is 6.19. The van der Waals surface area contributed by atoms with Crippen molar-refractivity contribution in [2.75, 3.05) is 11.4 Å². The van der Waals surface area contributed by atoms with E-state index in [4.69, 9.17) is 16.3 Å². The Kier molecular flexibility index (Phi) is 5.42. The molecule has 0 fully saturated rings. The van der Waals surface area contributed by atoms with Gasteiger partial charge in [-0.3, -0.25) is 4.79 Å². The molecule has 5 heteroatoms. The van der Waals surface area contributed by atoms with Crippen LogP contribution in [0.2, 0.25) is 5.02 Å². The standard InChI is InChI=1S/C23H22ClNO2S/c1-15-5-8-21-18(10-15)4-3-9-25(21)23(26)22-12-17(14-28-22)13-27-19-6-7-20(24)16(2)11-19/h5-8,10-12,14H,3-4,9,13H2,1-2H3. The normalized spacial score (nSPS) is 13.3. The van der Waals surface area contributed by atoms with Crippen molar-refractivity contribution in [3.63, 3.8) is 0 Å². The van der Waals surface area contributed by atoms with E-state index in [-0.39, 0.29) is 5.91 Å². The van der Waals surface area contributed by atoms with Crippen LogP contribution in [0.3, 0.4) is 0 Å². The van der Waals surface area contributed by atoms with E-state index in [9.17, 15) is 4.79 Å². The van der Waals surface area contributed by atoms with Crippen LogP contribution in [0, 0.1) is 13.8 Å². The molecule has 0 unspecified atom stereocenters. The number of fused-ring (bicyclic) bond motifs is 1. The summed E-state index contributed by atoms with van der Waals surface area (Å²) < 4.78 is 5.86. The smallest absolute Gasteiger partial charge is 0.268 e. The third-order valence-corrected chi connectivity index (χ3v) is 6.39. The van der Waals surface area contributed by atoms with Gasteiger partial charge in [-0.2, -0.15) is 0 Å². The molecule has 0 atom stereocenters. The van der Waals surface area contributed by atoms with Gasteiger partial charge >= 0.3 is 0 Å². The first-order chi connectivity index (χ1) is 13.5. The highest BCUT2D eigenvalue weighted by Gasteiger charge is 2.24. The lowest BCUT2D eigenvalue weighted by atomic mass is 9.99. The summed E-state index contributed by atoms with van der Waals surface area (Å²) in [5.41, 5.74) is 5.53. The summed E-state index contributed by atoms with van der Waals surface area (Å²) in [5.74, 6) is 0.852. The zero-order chi connectivity index (χ0) is 19.7. The average Bonchev–Trinajstić information content (AvgIpc) is 3.16. The van der Waals surface area contributed by atoms with Crippen LogP contribution in [0.15, 0.2) is 47.8 Å². The van der Waals surface area contributed by atoms with Crippen LogP contribution in [0.4, 0.5) is 5.69 Å². The number of rotatable bonds is 4. The Balaban J connectivity index is 1.47. The monoisotopic (exact) mass is 411 g/mol. The number of amides is 1. The second kappa shape index (κ2) is 7.98. The quantitative estimate of drug-likeness (QED) is 0.512. The Morgan fingerprint density at radius 2 is 2.04 bits per heavy atom. The van der Waals surface area contributed by atoms with Crippen LogP contribution in [-0.4, -0.2) is 12.5 Å². The van der Waals surface area contributed by atoms with Crippen molar-refractivity contribution in [2.45, 2.75) is 33.3 Å². The van der Waals surface area contributed by atoms with Gasteiger partial charge in [-0.05, 0) is 73.5 Å². The number of benzene rings is 2. The van der Waals surface area contributed by atoms with Crippen LogP contribution in [0.1, 0.15) is 38.3 Å². The zero-order valence-corrected chi connectivity index (χ0v) is 17.6. The average molecular weight is 412 g/mol. The third kappa shape index (κ3) is 3.94. The minimum Gasteiger partial charge on any atom is -0.489 e. The lowest BCUT2D eigenvalue weighted by Crippen LogP contribution is -2.35. The number of thiophene rings is 1. The SMILES string of the molecule is Cc1ccc2c(c1)CCCN2C(=O)c1cc(COc2ccc(Cl)c(C)c2)cs1. The minimum absolute atomic E-state index is 0.0726. The fourth-order valence-corrected chi connectivity index (χ4v) is 4.47. The second-order valence-electron chi connectivity index (χ2n) is 7.21. The molecule has 1 aliphatic heterocycles. The van der Waals surface area contributed by atoms with Crippen molar-refractivity contribution in [3.8, 4) is 5.75 Å². The number of hydrogen-bond acceptors (Lipinski definition) is 3. The van der Waals surface area contributed by atoms with Crippen molar-refractivity contribution >= 4 is 34.5 Å². The maximum Gasteiger partial charge on any atom is 0.268 e. The van der Waals surface area contributed by atoms with Crippen LogP contribution in [0.5, 0.6) is 5.75 Å². The van der Waals surface area contributed by atoms with E-state index in [1.165, 1.54) is 22.5 Å². The number of nitrogens with zero attached hydrogens (tertiary/aromatic N) is 1. The fourth-order valence-electron chi connectivity index (χ4n) is 3.51. The van der Waals surface area contributed by atoms with Gasteiger partial charge in [0.05, 0.1) is 4.88 Å². The first-order valence-corrected chi connectivity index (χ1v) is 10.6. The molecule has 1 amide bonds. The molecule has 2 aromatic carbocycles. The van der Waals surface area contributed by atoms with Crippen molar-refractivity contribution in [1.29, 1.82) is 0 Å². The lowest BCUT2D eigenvalue weighted by Gasteiger charge is -2.29. The molecule has 0 saturated carbocycles. The summed E-state index contributed by atoms with van der Waals surface area (Å²) in [6, 6.07) is 13.9. The fraction of sp³-hybridized carbons (Fsp3) is 0.261. The topological polar surface area (TPSA) is 29.5 Å². The summed E-state index contributed by atoms with van der Waals surface area (Å²) in [6.07, 6.45) is 2.03. The van der Waals surface area contributed by atoms with E-state index >= 15 is 0 Å². The number of carbonyl (C=O) groups excluding carboxylic acids is 1. The molecule has 0 radical (unpaired) electrons. The van der Waals surface area contributed by atoms with Crippen molar-refractivity contribution in [2.24, 2.45) is 0 Å². The van der Waals surface area contributed by atoms with Gasteiger partial charge in [0.25, 0.3) is 5.91 Å². The van der Waals surface area contributed by atoms with Gasteiger partial charge in [0.15, 0.2) is 0 Å². The van der Waals surface area contributed by atoms with Gasteiger partial charge in [-0.1, -0.05) is 29.3 Å². The van der Waals surface area contributed by atoms with Gasteiger partial charge < -0.3 is 9.64 Å². The van der Waals surface area contributed by atoms with Gasteiger partial charge in [0.2, 0.25) is 0 Å². The maximum absolute atomic E-state index is 13.1. The summed E-state index contributed by atoms with van der Waals surface area (Å²) in [4.78, 5) is 15.8. The molecule has 0 aliphatic carbocycles. The number of aryl methyl sites for hydroxylation is 3. The first kappa shape index (κ1) is 19.0. The number of halogens is 1. The molecule has 1 aliphatic rings. The molecular formula is C23H22ClNO2S. The highest BCUT2D eigenvalue weighted by molar-refractivity contribution is 7.12. The number of ether oxygens (including phenoxy) is 1. The van der Waals surface area contributed by atoms with E-state index in [1.807, 2.05) is 41.5 Å². The molecule has 0 N–H and O–H groups in total. The van der Waals surface area contributed by atoms with Crippen LogP contribution in [-0.2, 0) is 13.0 Å². The molecule has 28 heavy (non-hydrogen) atoms. The molecule has 1 aromatic heterocycles. The van der Waals surface area contributed by atoms with Crippen LogP contribution < -0.4 is 9.64 Å². The van der Waals surface area contributed by atoms with Gasteiger partial charge in [0.1, 0.15) is 12.4 Å².